The highest BCUT2D eigenvalue weighted by Gasteiger charge is 2.18. The quantitative estimate of drug-likeness (QED) is 0.255. The average Bonchev–Trinajstić information content (AvgIpc) is 2.33. The Hall–Kier alpha value is -1.31. The molecular weight excluding hydrogens is 242 g/mol. The van der Waals surface area contributed by atoms with Crippen molar-refractivity contribution in [3.63, 3.8) is 0 Å². The van der Waals surface area contributed by atoms with Gasteiger partial charge in [0.15, 0.2) is 0 Å². The first kappa shape index (κ1) is 13.8. The molecule has 1 aromatic carbocycles. The third-order valence-corrected chi connectivity index (χ3v) is 3.22. The van der Waals surface area contributed by atoms with Gasteiger partial charge in [0.05, 0.1) is 9.82 Å². The number of nitrogens with zero attached hydrogens (tertiary/aromatic N) is 1. The number of ether oxygens (including phenoxy) is 1. The minimum absolute atomic E-state index is 0.0254. The Bertz CT molecular complexity index is 387. The summed E-state index contributed by atoms with van der Waals surface area (Å²) in [6.45, 7) is 0.648. The summed E-state index contributed by atoms with van der Waals surface area (Å²) >= 11 is 1.43. The number of hydrogen-bond donors (Lipinski definition) is 2. The minimum atomic E-state index is -0.423. The molecule has 1 aromatic rings. The summed E-state index contributed by atoms with van der Waals surface area (Å²) in [5.74, 6) is 6.02. The maximum atomic E-state index is 11.0. The first-order chi connectivity index (χ1) is 8.20. The van der Waals surface area contributed by atoms with Crippen molar-refractivity contribution in [2.45, 2.75) is 11.3 Å². The molecule has 6 nitrogen and oxygen atoms in total. The summed E-state index contributed by atoms with van der Waals surface area (Å²) < 4.78 is 4.92. The van der Waals surface area contributed by atoms with Crippen LogP contribution in [0, 0.1) is 10.1 Å². The molecule has 17 heavy (non-hydrogen) atoms. The van der Waals surface area contributed by atoms with E-state index in [1.807, 2.05) is 0 Å². The number of nitro groups is 1. The van der Waals surface area contributed by atoms with E-state index in [9.17, 15) is 10.1 Å². The molecule has 0 aliphatic heterocycles. The lowest BCUT2D eigenvalue weighted by Crippen LogP contribution is -2.09. The van der Waals surface area contributed by atoms with E-state index in [4.69, 9.17) is 10.6 Å². The summed E-state index contributed by atoms with van der Waals surface area (Å²) in [4.78, 5) is 11.2. The second kappa shape index (κ2) is 7.10. The van der Waals surface area contributed by atoms with Crippen LogP contribution in [0.4, 0.5) is 11.4 Å². The van der Waals surface area contributed by atoms with Crippen molar-refractivity contribution in [3.8, 4) is 0 Å². The first-order valence-electron chi connectivity index (χ1n) is 5.06. The lowest BCUT2D eigenvalue weighted by Gasteiger charge is -2.06. The lowest BCUT2D eigenvalue weighted by atomic mass is 10.3. The van der Waals surface area contributed by atoms with Gasteiger partial charge in [-0.1, -0.05) is 6.07 Å². The molecule has 0 unspecified atom stereocenters. The molecule has 0 heterocycles. The number of hydrazine groups is 1. The van der Waals surface area contributed by atoms with Gasteiger partial charge in [0.2, 0.25) is 0 Å². The average molecular weight is 257 g/mol. The number of nitrogens with one attached hydrogen (secondary N) is 1. The zero-order valence-electron chi connectivity index (χ0n) is 9.51. The van der Waals surface area contributed by atoms with Crippen molar-refractivity contribution in [2.24, 2.45) is 5.84 Å². The molecule has 0 saturated heterocycles. The van der Waals surface area contributed by atoms with Crippen LogP contribution >= 0.6 is 11.8 Å². The molecule has 0 aliphatic carbocycles. The van der Waals surface area contributed by atoms with E-state index in [1.54, 1.807) is 25.3 Å². The van der Waals surface area contributed by atoms with Gasteiger partial charge >= 0.3 is 5.69 Å². The largest absolute Gasteiger partial charge is 0.385 e. The molecule has 0 fully saturated rings. The summed E-state index contributed by atoms with van der Waals surface area (Å²) in [6.07, 6.45) is 0.846. The molecule has 0 aromatic heterocycles. The number of methoxy groups -OCH3 is 1. The van der Waals surface area contributed by atoms with Crippen molar-refractivity contribution in [2.75, 3.05) is 24.9 Å². The van der Waals surface area contributed by atoms with E-state index >= 15 is 0 Å². The highest BCUT2D eigenvalue weighted by molar-refractivity contribution is 7.99. The van der Waals surface area contributed by atoms with Crippen molar-refractivity contribution in [1.29, 1.82) is 0 Å². The van der Waals surface area contributed by atoms with E-state index in [0.717, 1.165) is 12.2 Å². The molecule has 0 radical (unpaired) electrons. The van der Waals surface area contributed by atoms with Crippen molar-refractivity contribution in [3.05, 3.63) is 28.3 Å². The fourth-order valence-electron chi connectivity index (χ4n) is 1.33. The maximum Gasteiger partial charge on any atom is 0.307 e. The minimum Gasteiger partial charge on any atom is -0.385 e. The Morgan fingerprint density at radius 1 is 1.59 bits per heavy atom. The number of rotatable bonds is 7. The monoisotopic (exact) mass is 257 g/mol. The van der Waals surface area contributed by atoms with Crippen molar-refractivity contribution in [1.82, 2.24) is 0 Å². The number of hydrogen-bond acceptors (Lipinski definition) is 6. The molecule has 1 rings (SSSR count). The Kier molecular flexibility index (Phi) is 5.75. The lowest BCUT2D eigenvalue weighted by molar-refractivity contribution is -0.386. The van der Waals surface area contributed by atoms with Crippen LogP contribution in [0.2, 0.25) is 0 Å². The summed E-state index contributed by atoms with van der Waals surface area (Å²) in [5.41, 5.74) is 2.69. The van der Waals surface area contributed by atoms with Gasteiger partial charge in [-0.2, -0.15) is 0 Å². The second-order valence-electron chi connectivity index (χ2n) is 3.25. The van der Waals surface area contributed by atoms with Crippen molar-refractivity contribution >= 4 is 23.1 Å². The Labute approximate surface area is 104 Å². The molecular formula is C10H15N3O3S. The third kappa shape index (κ3) is 3.88. The fraction of sp³-hybridized carbons (Fsp3) is 0.400. The summed E-state index contributed by atoms with van der Waals surface area (Å²) in [7, 11) is 1.63. The molecule has 3 N–H and O–H groups in total. The molecule has 94 valence electrons. The number of nitro benzene ring substituents is 1. The number of benzene rings is 1. The number of thioether (sulfide) groups is 1. The van der Waals surface area contributed by atoms with Gasteiger partial charge in [0.25, 0.3) is 0 Å². The van der Waals surface area contributed by atoms with Gasteiger partial charge in [-0.05, 0) is 18.6 Å². The standard InChI is InChI=1S/C10H15N3O3S/c1-16-6-3-7-17-9-5-2-4-8(12-11)10(9)13(14)15/h2,4-5,12H,3,6-7,11H2,1H3. The number of nitrogen functional groups attached to an aromatic ring is 1. The van der Waals surface area contributed by atoms with Gasteiger partial charge in [-0.15, -0.1) is 11.8 Å². The third-order valence-electron chi connectivity index (χ3n) is 2.09. The van der Waals surface area contributed by atoms with Crippen LogP contribution in [-0.4, -0.2) is 24.4 Å². The van der Waals surface area contributed by atoms with Crippen LogP contribution in [-0.2, 0) is 4.74 Å². The Balaban J connectivity index is 2.79. The number of nitrogens with two attached hydrogens (primary N) is 1. The zero-order valence-corrected chi connectivity index (χ0v) is 10.3. The van der Waals surface area contributed by atoms with Crippen LogP contribution in [0.5, 0.6) is 0 Å². The van der Waals surface area contributed by atoms with E-state index in [-0.39, 0.29) is 5.69 Å². The van der Waals surface area contributed by atoms with Gasteiger partial charge in [0.1, 0.15) is 5.69 Å². The number of para-hydroxylation sites is 1. The van der Waals surface area contributed by atoms with Crippen LogP contribution in [0.3, 0.4) is 0 Å². The number of anilines is 1. The molecule has 0 bridgehead atoms. The maximum absolute atomic E-state index is 11.0. The molecule has 0 aliphatic rings. The van der Waals surface area contributed by atoms with E-state index < -0.39 is 4.92 Å². The Morgan fingerprint density at radius 3 is 2.94 bits per heavy atom. The van der Waals surface area contributed by atoms with E-state index in [2.05, 4.69) is 5.43 Å². The van der Waals surface area contributed by atoms with Crippen LogP contribution in [0.1, 0.15) is 6.42 Å². The zero-order chi connectivity index (χ0) is 12.7. The summed E-state index contributed by atoms with van der Waals surface area (Å²) in [5, 5.41) is 11.0. The van der Waals surface area contributed by atoms with Crippen LogP contribution < -0.4 is 11.3 Å². The van der Waals surface area contributed by atoms with Gasteiger partial charge in [-0.3, -0.25) is 16.0 Å². The topological polar surface area (TPSA) is 90.4 Å². The molecule has 0 spiro atoms. The van der Waals surface area contributed by atoms with Crippen molar-refractivity contribution < 1.29 is 9.66 Å². The summed E-state index contributed by atoms with van der Waals surface area (Å²) in [6, 6.07) is 5.04. The molecule has 7 heteroatoms. The molecule has 0 saturated carbocycles. The predicted octanol–water partition coefficient (Wildman–Crippen LogP) is 2.01. The van der Waals surface area contributed by atoms with Gasteiger partial charge in [-0.25, -0.2) is 0 Å². The SMILES string of the molecule is COCCCSc1cccc(NN)c1[N+](=O)[O-]. The van der Waals surface area contributed by atoms with Crippen LogP contribution in [0.25, 0.3) is 0 Å². The first-order valence-corrected chi connectivity index (χ1v) is 6.05. The van der Waals surface area contributed by atoms with Crippen LogP contribution in [0.15, 0.2) is 23.1 Å². The second-order valence-corrected chi connectivity index (χ2v) is 4.39. The highest BCUT2D eigenvalue weighted by atomic mass is 32.2. The van der Waals surface area contributed by atoms with E-state index in [0.29, 0.717) is 17.2 Å². The Morgan fingerprint density at radius 2 is 2.35 bits per heavy atom. The smallest absolute Gasteiger partial charge is 0.307 e. The fourth-order valence-corrected chi connectivity index (χ4v) is 2.31. The highest BCUT2D eigenvalue weighted by Crippen LogP contribution is 2.35. The molecule has 0 amide bonds. The van der Waals surface area contributed by atoms with Gasteiger partial charge < -0.3 is 10.2 Å². The van der Waals surface area contributed by atoms with Gasteiger partial charge in [0, 0.05) is 19.5 Å². The van der Waals surface area contributed by atoms with E-state index in [1.165, 1.54) is 11.8 Å². The normalized spacial score (nSPS) is 10.2. The molecule has 0 atom stereocenters. The predicted molar refractivity (Wildman–Crippen MR) is 68.1 cm³/mol.